The first kappa shape index (κ1) is 15.3. The maximum absolute atomic E-state index is 5.22. The average Bonchev–Trinajstić information content (AvgIpc) is 3.00. The van der Waals surface area contributed by atoms with Crippen LogP contribution >= 0.6 is 23.5 Å². The van der Waals surface area contributed by atoms with Gasteiger partial charge >= 0.3 is 0 Å². The molecule has 0 amide bonds. The van der Waals surface area contributed by atoms with Gasteiger partial charge in [0.25, 0.3) is 0 Å². The number of nitrogens with one attached hydrogen (secondary N) is 2. The molecule has 3 rings (SSSR count). The maximum atomic E-state index is 5.22. The van der Waals surface area contributed by atoms with Crippen molar-refractivity contribution in [1.29, 1.82) is 0 Å². The van der Waals surface area contributed by atoms with Crippen molar-refractivity contribution in [1.82, 2.24) is 10.6 Å². The van der Waals surface area contributed by atoms with Crippen LogP contribution < -0.4 is 15.4 Å². The molecule has 0 radical (unpaired) electrons. The monoisotopic (exact) mass is 322 g/mol. The second-order valence-electron chi connectivity index (χ2n) is 5.41. The number of methoxy groups -OCH3 is 1. The summed E-state index contributed by atoms with van der Waals surface area (Å²) >= 11 is 3.97. The van der Waals surface area contributed by atoms with Crippen LogP contribution in [0.2, 0.25) is 0 Å². The number of benzene rings is 1. The van der Waals surface area contributed by atoms with Crippen LogP contribution in [0, 0.1) is 0 Å². The molecule has 0 bridgehead atoms. The number of thioether (sulfide) groups is 2. The summed E-state index contributed by atoms with van der Waals surface area (Å²) < 4.78 is 5.43. The Kier molecular flexibility index (Phi) is 4.84. The largest absolute Gasteiger partial charge is 0.497 e. The molecule has 0 spiro atoms. The normalized spacial score (nSPS) is 28.1. The van der Waals surface area contributed by atoms with E-state index in [1.165, 1.54) is 10.5 Å². The van der Waals surface area contributed by atoms with E-state index in [9.17, 15) is 0 Å². The van der Waals surface area contributed by atoms with Gasteiger partial charge in [0, 0.05) is 27.8 Å². The topological polar surface area (TPSA) is 33.3 Å². The lowest BCUT2D eigenvalue weighted by Gasteiger charge is -2.36. The molecular weight excluding hydrogens is 300 g/mol. The highest BCUT2D eigenvalue weighted by atomic mass is 32.2. The lowest BCUT2D eigenvalue weighted by molar-refractivity contribution is 0.414. The molecule has 0 aromatic heterocycles. The van der Waals surface area contributed by atoms with Crippen molar-refractivity contribution in [2.45, 2.75) is 30.0 Å². The van der Waals surface area contributed by atoms with Gasteiger partial charge in [0.1, 0.15) is 5.75 Å². The first-order valence-corrected chi connectivity index (χ1v) is 9.31. The van der Waals surface area contributed by atoms with Crippen molar-refractivity contribution in [3.05, 3.63) is 40.8 Å². The second kappa shape index (κ2) is 6.65. The summed E-state index contributed by atoms with van der Waals surface area (Å²) in [5, 5.41) is 7.10. The van der Waals surface area contributed by atoms with Crippen LogP contribution in [-0.4, -0.2) is 30.4 Å². The molecule has 2 atom stereocenters. The van der Waals surface area contributed by atoms with Gasteiger partial charge in [-0.05, 0) is 24.1 Å². The van der Waals surface area contributed by atoms with E-state index in [1.807, 2.05) is 35.7 Å². The van der Waals surface area contributed by atoms with Crippen LogP contribution in [0.15, 0.2) is 35.2 Å². The van der Waals surface area contributed by atoms with Crippen molar-refractivity contribution in [3.8, 4) is 5.75 Å². The average molecular weight is 322 g/mol. The van der Waals surface area contributed by atoms with Gasteiger partial charge < -0.3 is 4.74 Å². The zero-order chi connectivity index (χ0) is 14.7. The van der Waals surface area contributed by atoms with Gasteiger partial charge in [-0.3, -0.25) is 10.6 Å². The Hall–Kier alpha value is -0.620. The summed E-state index contributed by atoms with van der Waals surface area (Å²) in [5.41, 5.74) is 1.35. The molecule has 2 aliphatic heterocycles. The molecule has 2 heterocycles. The zero-order valence-corrected chi connectivity index (χ0v) is 14.2. The standard InChI is InChI=1S/C16H22N2OS2/c1-3-16(8-14-15(17-10-16)18-11-20-14)21-9-12-4-6-13(19-2)7-5-12/h4-8,15,17-18H,3,9-11H2,1-2H3/t15?,16-/m0/s1. The van der Waals surface area contributed by atoms with Gasteiger partial charge in [-0.1, -0.05) is 25.1 Å². The molecule has 0 saturated carbocycles. The van der Waals surface area contributed by atoms with Crippen LogP contribution in [0.5, 0.6) is 5.75 Å². The summed E-state index contributed by atoms with van der Waals surface area (Å²) in [6.07, 6.45) is 4.03. The number of hydrogen-bond donors (Lipinski definition) is 2. The lowest BCUT2D eigenvalue weighted by Crippen LogP contribution is -2.49. The van der Waals surface area contributed by atoms with Crippen LogP contribution in [-0.2, 0) is 5.75 Å². The van der Waals surface area contributed by atoms with Crippen molar-refractivity contribution >= 4 is 23.5 Å². The van der Waals surface area contributed by atoms with E-state index in [0.717, 1.165) is 30.3 Å². The smallest absolute Gasteiger partial charge is 0.118 e. The van der Waals surface area contributed by atoms with Gasteiger partial charge in [0.15, 0.2) is 0 Å². The fourth-order valence-corrected chi connectivity index (χ4v) is 5.03. The third-order valence-electron chi connectivity index (χ3n) is 4.11. The summed E-state index contributed by atoms with van der Waals surface area (Å²) in [7, 11) is 1.71. The highest BCUT2D eigenvalue weighted by Crippen LogP contribution is 2.40. The number of ether oxygens (including phenoxy) is 1. The SMILES string of the molecule is CC[C@]1(SCc2ccc(OC)cc2)C=C2SCNC2NC1. The molecule has 2 aliphatic rings. The number of fused-ring (bicyclic) bond motifs is 1. The van der Waals surface area contributed by atoms with E-state index in [4.69, 9.17) is 4.74 Å². The van der Waals surface area contributed by atoms with Crippen molar-refractivity contribution in [2.24, 2.45) is 0 Å². The van der Waals surface area contributed by atoms with Crippen LogP contribution in [0.25, 0.3) is 0 Å². The Morgan fingerprint density at radius 3 is 2.86 bits per heavy atom. The summed E-state index contributed by atoms with van der Waals surface area (Å²) in [6, 6.07) is 8.40. The molecule has 1 unspecified atom stereocenters. The predicted molar refractivity (Wildman–Crippen MR) is 92.8 cm³/mol. The Morgan fingerprint density at radius 2 is 2.14 bits per heavy atom. The van der Waals surface area contributed by atoms with Crippen LogP contribution in [0.1, 0.15) is 18.9 Å². The lowest BCUT2D eigenvalue weighted by atomic mass is 10.0. The van der Waals surface area contributed by atoms with Crippen LogP contribution in [0.4, 0.5) is 0 Å². The fraction of sp³-hybridized carbons (Fsp3) is 0.500. The Labute approximate surface area is 135 Å². The fourth-order valence-electron chi connectivity index (χ4n) is 2.65. The highest BCUT2D eigenvalue weighted by Gasteiger charge is 2.35. The third kappa shape index (κ3) is 3.42. The molecule has 2 N–H and O–H groups in total. The van der Waals surface area contributed by atoms with E-state index >= 15 is 0 Å². The Morgan fingerprint density at radius 1 is 1.33 bits per heavy atom. The maximum Gasteiger partial charge on any atom is 0.118 e. The number of rotatable bonds is 5. The summed E-state index contributed by atoms with van der Waals surface area (Å²) in [4.78, 5) is 1.46. The molecule has 21 heavy (non-hydrogen) atoms. The molecular formula is C16H22N2OS2. The van der Waals surface area contributed by atoms with E-state index in [-0.39, 0.29) is 4.75 Å². The first-order chi connectivity index (χ1) is 10.2. The molecule has 1 saturated heterocycles. The van der Waals surface area contributed by atoms with Crippen molar-refractivity contribution < 1.29 is 4.74 Å². The predicted octanol–water partition coefficient (Wildman–Crippen LogP) is 3.18. The van der Waals surface area contributed by atoms with Gasteiger partial charge in [-0.2, -0.15) is 0 Å². The van der Waals surface area contributed by atoms with Gasteiger partial charge in [-0.25, -0.2) is 0 Å². The van der Waals surface area contributed by atoms with E-state index in [0.29, 0.717) is 6.17 Å². The summed E-state index contributed by atoms with van der Waals surface area (Å²) in [6.45, 7) is 3.32. The molecule has 114 valence electrons. The molecule has 1 aromatic rings. The number of hydrogen-bond acceptors (Lipinski definition) is 5. The molecule has 1 fully saturated rings. The molecule has 0 aliphatic carbocycles. The minimum atomic E-state index is 0.213. The quantitative estimate of drug-likeness (QED) is 0.870. The van der Waals surface area contributed by atoms with Crippen LogP contribution in [0.3, 0.4) is 0 Å². The molecule has 1 aromatic carbocycles. The van der Waals surface area contributed by atoms with E-state index in [2.05, 4.69) is 35.8 Å². The van der Waals surface area contributed by atoms with E-state index < -0.39 is 0 Å². The van der Waals surface area contributed by atoms with Gasteiger partial charge in [-0.15, -0.1) is 23.5 Å². The van der Waals surface area contributed by atoms with Crippen molar-refractivity contribution in [2.75, 3.05) is 19.5 Å². The first-order valence-electron chi connectivity index (χ1n) is 7.34. The zero-order valence-electron chi connectivity index (χ0n) is 12.5. The van der Waals surface area contributed by atoms with Crippen molar-refractivity contribution in [3.63, 3.8) is 0 Å². The van der Waals surface area contributed by atoms with Gasteiger partial charge in [0.2, 0.25) is 0 Å². The minimum Gasteiger partial charge on any atom is -0.497 e. The summed E-state index contributed by atoms with van der Waals surface area (Å²) in [5.74, 6) is 2.98. The molecule has 3 nitrogen and oxygen atoms in total. The Balaban J connectivity index is 1.68. The minimum absolute atomic E-state index is 0.213. The van der Waals surface area contributed by atoms with Gasteiger partial charge in [0.05, 0.1) is 13.3 Å². The Bertz CT molecular complexity index is 518. The molecule has 5 heteroatoms. The van der Waals surface area contributed by atoms with E-state index in [1.54, 1.807) is 7.11 Å². The third-order valence-corrected chi connectivity index (χ3v) is 6.71. The second-order valence-corrected chi connectivity index (χ2v) is 7.85. The highest BCUT2D eigenvalue weighted by molar-refractivity contribution is 8.03.